The lowest BCUT2D eigenvalue weighted by atomic mass is 9.78. The number of hydrogen-bond acceptors (Lipinski definition) is 0. The Morgan fingerprint density at radius 3 is 1.23 bits per heavy atom. The van der Waals surface area contributed by atoms with Crippen LogP contribution in [0.15, 0.2) is 158 Å². The second kappa shape index (κ2) is 11.0. The van der Waals surface area contributed by atoms with Crippen molar-refractivity contribution in [3.63, 3.8) is 0 Å². The van der Waals surface area contributed by atoms with Crippen LogP contribution in [0.25, 0.3) is 88.0 Å². The normalized spacial score (nSPS) is 16.0. The lowest BCUT2D eigenvalue weighted by molar-refractivity contribution is 0.652. The first kappa shape index (κ1) is 33.0. The molecule has 0 fully saturated rings. The van der Waals surface area contributed by atoms with Gasteiger partial charge in [-0.25, -0.2) is 0 Å². The molecular formula is C57H44. The minimum Gasteiger partial charge on any atom is -0.0619 e. The molecule has 0 unspecified atom stereocenters. The topological polar surface area (TPSA) is 0 Å². The maximum absolute atomic E-state index is 2.54. The summed E-state index contributed by atoms with van der Waals surface area (Å²) in [6, 6.07) is 60.4. The quantitative estimate of drug-likeness (QED) is 0.156. The highest BCUT2D eigenvalue weighted by Gasteiger charge is 2.42. The maximum atomic E-state index is 2.54. The lowest BCUT2D eigenvalue weighted by Crippen LogP contribution is -2.17. The molecule has 0 heterocycles. The Morgan fingerprint density at radius 1 is 0.246 bits per heavy atom. The van der Waals surface area contributed by atoms with Gasteiger partial charge in [-0.1, -0.05) is 175 Å². The molecule has 0 N–H and O–H groups in total. The molecule has 9 aromatic carbocycles. The van der Waals surface area contributed by atoms with Crippen LogP contribution in [0.5, 0.6) is 0 Å². The Morgan fingerprint density at radius 2 is 0.632 bits per heavy atom. The van der Waals surface area contributed by atoms with Crippen molar-refractivity contribution in [1.82, 2.24) is 0 Å². The number of benzene rings is 9. The fourth-order valence-corrected chi connectivity index (χ4v) is 11.6. The zero-order chi connectivity index (χ0) is 38.6. The van der Waals surface area contributed by atoms with Gasteiger partial charge >= 0.3 is 0 Å². The molecule has 0 saturated heterocycles. The Labute approximate surface area is 335 Å². The summed E-state index contributed by atoms with van der Waals surface area (Å²) in [7, 11) is 0. The van der Waals surface area contributed by atoms with E-state index >= 15 is 0 Å². The van der Waals surface area contributed by atoms with Gasteiger partial charge in [0.25, 0.3) is 0 Å². The molecule has 0 heteroatoms. The first-order valence-corrected chi connectivity index (χ1v) is 20.6. The Bertz CT molecular complexity index is 3200. The van der Waals surface area contributed by atoms with Crippen molar-refractivity contribution in [3.8, 4) is 55.6 Å². The molecule has 0 spiro atoms. The third-order valence-electron chi connectivity index (χ3n) is 14.5. The van der Waals surface area contributed by atoms with Crippen molar-refractivity contribution in [2.24, 2.45) is 0 Å². The van der Waals surface area contributed by atoms with Crippen LogP contribution in [-0.4, -0.2) is 0 Å². The van der Waals surface area contributed by atoms with E-state index in [0.29, 0.717) is 0 Å². The van der Waals surface area contributed by atoms with Crippen LogP contribution in [0.2, 0.25) is 0 Å². The molecule has 9 aromatic rings. The molecule has 0 bridgehead atoms. The highest BCUT2D eigenvalue weighted by molar-refractivity contribution is 6.24. The average Bonchev–Trinajstić information content (AvgIpc) is 3.71. The van der Waals surface area contributed by atoms with Crippen molar-refractivity contribution < 1.29 is 0 Å². The zero-order valence-electron chi connectivity index (χ0n) is 33.5. The standard InChI is InChI=1S/C57H44/c1-55(2)46-25-15-13-18-35(46)43-30-50-44(31-49(43)55)36-28-27-33(29-48(36)57(50,5)6)52-38-20-9-11-22-40(38)53(41-23-12-10-21-39(41)52)45-32-51-54(37-19-8-7-17-34(37)45)42-24-14-16-26-47(42)56(51,3)4/h7-32H,1-6H3. The monoisotopic (exact) mass is 728 g/mol. The summed E-state index contributed by atoms with van der Waals surface area (Å²) in [6.45, 7) is 14.4. The fourth-order valence-electron chi connectivity index (χ4n) is 11.6. The summed E-state index contributed by atoms with van der Waals surface area (Å²) in [6.07, 6.45) is 0. The first-order chi connectivity index (χ1) is 27.6. The van der Waals surface area contributed by atoms with Crippen LogP contribution in [0.3, 0.4) is 0 Å². The number of fused-ring (bicyclic) bond motifs is 13. The van der Waals surface area contributed by atoms with E-state index < -0.39 is 0 Å². The molecule has 12 rings (SSSR count). The average molecular weight is 729 g/mol. The van der Waals surface area contributed by atoms with E-state index in [1.54, 1.807) is 0 Å². The predicted molar refractivity (Wildman–Crippen MR) is 243 cm³/mol. The molecule has 0 atom stereocenters. The molecule has 3 aliphatic rings. The molecule has 0 aromatic heterocycles. The summed E-state index contributed by atoms with van der Waals surface area (Å²) in [5.41, 5.74) is 21.8. The Hall–Kier alpha value is -6.24. The van der Waals surface area contributed by atoms with E-state index in [9.17, 15) is 0 Å². The van der Waals surface area contributed by atoms with Crippen LogP contribution in [0.4, 0.5) is 0 Å². The molecular weight excluding hydrogens is 685 g/mol. The molecule has 57 heavy (non-hydrogen) atoms. The van der Waals surface area contributed by atoms with Crippen LogP contribution >= 0.6 is 0 Å². The van der Waals surface area contributed by atoms with Gasteiger partial charge in [0, 0.05) is 16.2 Å². The number of rotatable bonds is 2. The van der Waals surface area contributed by atoms with Gasteiger partial charge < -0.3 is 0 Å². The van der Waals surface area contributed by atoms with E-state index in [1.165, 1.54) is 121 Å². The molecule has 0 nitrogen and oxygen atoms in total. The van der Waals surface area contributed by atoms with E-state index in [0.717, 1.165) is 0 Å². The van der Waals surface area contributed by atoms with Gasteiger partial charge in [0.1, 0.15) is 0 Å². The smallest absolute Gasteiger partial charge is 0.0159 e. The van der Waals surface area contributed by atoms with Crippen molar-refractivity contribution in [1.29, 1.82) is 0 Å². The lowest BCUT2D eigenvalue weighted by Gasteiger charge is -2.25. The second-order valence-electron chi connectivity index (χ2n) is 18.4. The molecule has 0 aliphatic heterocycles. The second-order valence-corrected chi connectivity index (χ2v) is 18.4. The van der Waals surface area contributed by atoms with Crippen molar-refractivity contribution in [2.75, 3.05) is 0 Å². The van der Waals surface area contributed by atoms with Gasteiger partial charge in [0.2, 0.25) is 0 Å². The van der Waals surface area contributed by atoms with Crippen LogP contribution in [0, 0.1) is 0 Å². The Balaban J connectivity index is 1.10. The van der Waals surface area contributed by atoms with Gasteiger partial charge in [0.15, 0.2) is 0 Å². The molecule has 3 aliphatic carbocycles. The molecule has 272 valence electrons. The number of hydrogen-bond donors (Lipinski definition) is 0. The van der Waals surface area contributed by atoms with E-state index in [1.807, 2.05) is 0 Å². The largest absolute Gasteiger partial charge is 0.0619 e. The Kier molecular flexibility index (Phi) is 6.35. The summed E-state index contributed by atoms with van der Waals surface area (Å²) in [5, 5.41) is 7.82. The van der Waals surface area contributed by atoms with Crippen molar-refractivity contribution in [2.45, 2.75) is 57.8 Å². The summed E-state index contributed by atoms with van der Waals surface area (Å²) in [5.74, 6) is 0. The third-order valence-corrected chi connectivity index (χ3v) is 14.5. The minimum atomic E-state index is -0.142. The van der Waals surface area contributed by atoms with Gasteiger partial charge in [-0.2, -0.15) is 0 Å². The van der Waals surface area contributed by atoms with Gasteiger partial charge in [0.05, 0.1) is 0 Å². The van der Waals surface area contributed by atoms with Crippen LogP contribution in [-0.2, 0) is 16.2 Å². The van der Waals surface area contributed by atoms with E-state index in [-0.39, 0.29) is 16.2 Å². The third kappa shape index (κ3) is 4.13. The summed E-state index contributed by atoms with van der Waals surface area (Å²) >= 11 is 0. The highest BCUT2D eigenvalue weighted by atomic mass is 14.4. The van der Waals surface area contributed by atoms with Crippen LogP contribution in [0.1, 0.15) is 74.9 Å². The first-order valence-electron chi connectivity index (χ1n) is 20.6. The predicted octanol–water partition coefficient (Wildman–Crippen LogP) is 15.4. The summed E-state index contributed by atoms with van der Waals surface area (Å²) < 4.78 is 0. The molecule has 0 saturated carbocycles. The van der Waals surface area contributed by atoms with Crippen molar-refractivity contribution in [3.05, 3.63) is 191 Å². The fraction of sp³-hybridized carbons (Fsp3) is 0.158. The van der Waals surface area contributed by atoms with Gasteiger partial charge in [-0.15, -0.1) is 0 Å². The molecule has 0 amide bonds. The molecule has 0 radical (unpaired) electrons. The minimum absolute atomic E-state index is 0.0305. The zero-order valence-corrected chi connectivity index (χ0v) is 33.5. The van der Waals surface area contributed by atoms with E-state index in [2.05, 4.69) is 199 Å². The van der Waals surface area contributed by atoms with E-state index in [4.69, 9.17) is 0 Å². The maximum Gasteiger partial charge on any atom is 0.0159 e. The van der Waals surface area contributed by atoms with Gasteiger partial charge in [-0.3, -0.25) is 0 Å². The summed E-state index contributed by atoms with van der Waals surface area (Å²) in [4.78, 5) is 0. The highest BCUT2D eigenvalue weighted by Crippen LogP contribution is 2.58. The van der Waals surface area contributed by atoms with Gasteiger partial charge in [-0.05, 0) is 146 Å². The SMILES string of the molecule is CC1(C)c2ccccc2-c2cc3c(cc21)-c1ccc(-c2c4ccccc4c(-c4cc5c(c6ccccc46)-c4ccccc4C5(C)C)c4ccccc24)cc1C3(C)C. The van der Waals surface area contributed by atoms with Crippen molar-refractivity contribution >= 4 is 32.3 Å². The van der Waals surface area contributed by atoms with Crippen LogP contribution < -0.4 is 0 Å².